The Hall–Kier alpha value is -10.3. The first kappa shape index (κ1) is 66.9. The molecule has 13 heterocycles. The van der Waals surface area contributed by atoms with E-state index in [1.165, 1.54) is 32.4 Å². The molecule has 7 aliphatic rings. The fourth-order valence-corrected chi connectivity index (χ4v) is 13.6. The van der Waals surface area contributed by atoms with E-state index >= 15 is 0 Å². The number of H-pyrrole nitrogens is 3. The molecule has 4 fully saturated rings. The zero-order valence-electron chi connectivity index (χ0n) is 56.3. The Morgan fingerprint density at radius 3 is 1.38 bits per heavy atom. The highest BCUT2D eigenvalue weighted by Gasteiger charge is 2.35. The Kier molecular flexibility index (Phi) is 20.1. The van der Waals surface area contributed by atoms with Crippen LogP contribution in [0.5, 0.6) is 34.5 Å². The van der Waals surface area contributed by atoms with Crippen molar-refractivity contribution in [2.45, 2.75) is 58.9 Å². The number of likely N-dealkylation sites (tertiary alicyclic amines) is 2. The minimum absolute atomic E-state index is 0.0243. The molecule has 100 heavy (non-hydrogen) atoms. The van der Waals surface area contributed by atoms with Crippen LogP contribution in [0.3, 0.4) is 0 Å². The molecule has 526 valence electrons. The molecule has 3 aromatic carbocycles. The van der Waals surface area contributed by atoms with Gasteiger partial charge in [-0.15, -0.1) is 0 Å². The molecule has 7 aliphatic heterocycles. The summed E-state index contributed by atoms with van der Waals surface area (Å²) in [5, 5.41) is 22.4. The zero-order valence-corrected chi connectivity index (χ0v) is 57.0. The van der Waals surface area contributed by atoms with Gasteiger partial charge in [0.1, 0.15) is 34.4 Å². The Morgan fingerprint density at radius 1 is 0.520 bits per heavy atom. The van der Waals surface area contributed by atoms with Crippen LogP contribution in [0, 0.1) is 13.8 Å². The first-order valence-corrected chi connectivity index (χ1v) is 34.1. The SMILES string of the molecule is CCNc1nc(Nc2ccc(C(=O)N3CCOCC3)c3c2OCO3)nc2[nH]cc(C)c12.CNc1nc(Nc2ccc(C(=O)N3CCOCC3)c3c2OCO3)nc2[nH]cc(C)c12.COCCNc1nc(Nc2ccc(C(=O)N3CCC(N4CCCCC4)CC3)c3c2OCO3)nc2[nH]cc(Cl)c12. The van der Waals surface area contributed by atoms with Crippen LogP contribution < -0.4 is 60.3 Å². The first-order valence-electron chi connectivity index (χ1n) is 33.7. The van der Waals surface area contributed by atoms with Crippen molar-refractivity contribution in [3.63, 3.8) is 0 Å². The van der Waals surface area contributed by atoms with Crippen molar-refractivity contribution in [1.82, 2.24) is 64.5 Å². The lowest BCUT2D eigenvalue weighted by Gasteiger charge is -2.40. The number of carbonyl (C=O) groups excluding carboxylic acids is 3. The van der Waals surface area contributed by atoms with Crippen LogP contribution >= 0.6 is 11.6 Å². The van der Waals surface area contributed by atoms with E-state index in [4.69, 9.17) is 54.2 Å². The number of methoxy groups -OCH3 is 1. The molecule has 0 saturated carbocycles. The van der Waals surface area contributed by atoms with Crippen molar-refractivity contribution in [1.29, 1.82) is 0 Å². The topological polar surface area (TPSA) is 344 Å². The number of rotatable bonds is 17. The van der Waals surface area contributed by atoms with Crippen molar-refractivity contribution in [3.8, 4) is 34.5 Å². The summed E-state index contributed by atoms with van der Waals surface area (Å²) >= 11 is 6.36. The third-order valence-electron chi connectivity index (χ3n) is 18.4. The number of benzene rings is 3. The van der Waals surface area contributed by atoms with E-state index in [2.05, 4.69) is 81.7 Å². The molecule has 9 N–H and O–H groups in total. The molecule has 31 nitrogen and oxygen atoms in total. The first-order chi connectivity index (χ1) is 48.9. The third kappa shape index (κ3) is 13.9. The van der Waals surface area contributed by atoms with E-state index in [9.17, 15) is 14.4 Å². The van der Waals surface area contributed by atoms with Crippen LogP contribution in [0.1, 0.15) is 81.2 Å². The fourth-order valence-electron chi connectivity index (χ4n) is 13.3. The summed E-state index contributed by atoms with van der Waals surface area (Å²) in [7, 11) is 3.46. The van der Waals surface area contributed by atoms with E-state index in [1.807, 2.05) is 51.2 Å². The van der Waals surface area contributed by atoms with Crippen molar-refractivity contribution in [3.05, 3.63) is 87.8 Å². The monoisotopic (exact) mass is 1390 g/mol. The number of halogens is 1. The Bertz CT molecular complexity index is 4480. The number of anilines is 9. The lowest BCUT2D eigenvalue weighted by atomic mass is 9.99. The number of aryl methyl sites for hydroxylation is 2. The Labute approximate surface area is 580 Å². The summed E-state index contributed by atoms with van der Waals surface area (Å²) in [5.74, 6) is 5.76. The zero-order chi connectivity index (χ0) is 68.8. The minimum atomic E-state index is -0.0939. The predicted octanol–water partition coefficient (Wildman–Crippen LogP) is 9.13. The molecule has 3 amide bonds. The lowest BCUT2D eigenvalue weighted by Crippen LogP contribution is -2.48. The van der Waals surface area contributed by atoms with Gasteiger partial charge in [0.2, 0.25) is 38.2 Å². The van der Waals surface area contributed by atoms with Crippen LogP contribution in [-0.2, 0) is 14.2 Å². The van der Waals surface area contributed by atoms with Gasteiger partial charge in [0.25, 0.3) is 17.7 Å². The van der Waals surface area contributed by atoms with E-state index in [0.29, 0.717) is 186 Å². The molecular weight excluding hydrogens is 1310 g/mol. The molecule has 4 saturated heterocycles. The minimum Gasteiger partial charge on any atom is -0.453 e. The summed E-state index contributed by atoms with van der Waals surface area (Å²) in [4.78, 5) is 84.5. The van der Waals surface area contributed by atoms with Gasteiger partial charge in [-0.1, -0.05) is 18.0 Å². The second-order valence-corrected chi connectivity index (χ2v) is 25.0. The van der Waals surface area contributed by atoms with Crippen LogP contribution in [-0.4, -0.2) is 221 Å². The van der Waals surface area contributed by atoms with E-state index in [1.54, 1.807) is 53.4 Å². The molecule has 0 radical (unpaired) electrons. The highest BCUT2D eigenvalue weighted by atomic mass is 35.5. The number of hydrogen-bond donors (Lipinski definition) is 9. The third-order valence-corrected chi connectivity index (χ3v) is 18.7. The highest BCUT2D eigenvalue weighted by molar-refractivity contribution is 6.36. The smallest absolute Gasteiger partial charge is 0.257 e. The molecule has 9 aromatic rings. The molecule has 0 spiro atoms. The lowest BCUT2D eigenvalue weighted by molar-refractivity contribution is 0.0298. The van der Waals surface area contributed by atoms with E-state index in [-0.39, 0.29) is 38.1 Å². The van der Waals surface area contributed by atoms with Crippen LogP contribution in [0.25, 0.3) is 33.1 Å². The summed E-state index contributed by atoms with van der Waals surface area (Å²) in [6, 6.07) is 11.2. The van der Waals surface area contributed by atoms with Gasteiger partial charge in [0, 0.05) is 91.1 Å². The highest BCUT2D eigenvalue weighted by Crippen LogP contribution is 2.47. The van der Waals surface area contributed by atoms with Gasteiger partial charge in [-0.05, 0) is 107 Å². The fraction of sp³-hybridized carbons (Fsp3) is 0.426. The van der Waals surface area contributed by atoms with Crippen molar-refractivity contribution in [2.24, 2.45) is 0 Å². The van der Waals surface area contributed by atoms with Crippen LogP contribution in [0.4, 0.5) is 52.4 Å². The molecular formula is C68H80ClN19O12. The van der Waals surface area contributed by atoms with Gasteiger partial charge < -0.3 is 109 Å². The average molecular weight is 1390 g/mol. The van der Waals surface area contributed by atoms with E-state index in [0.717, 1.165) is 71.5 Å². The number of amides is 3. The molecule has 0 bridgehead atoms. The molecule has 0 atom stereocenters. The molecule has 16 rings (SSSR count). The molecule has 0 aliphatic carbocycles. The number of piperidine rings is 2. The van der Waals surface area contributed by atoms with Crippen LogP contribution in [0.2, 0.25) is 5.02 Å². The quantitative estimate of drug-likeness (QED) is 0.0383. The predicted molar refractivity (Wildman–Crippen MR) is 376 cm³/mol. The largest absolute Gasteiger partial charge is 0.453 e. The molecule has 0 unspecified atom stereocenters. The van der Waals surface area contributed by atoms with Gasteiger partial charge in [0.15, 0.2) is 34.5 Å². The van der Waals surface area contributed by atoms with Gasteiger partial charge in [-0.3, -0.25) is 14.4 Å². The van der Waals surface area contributed by atoms with Crippen molar-refractivity contribution < 1.29 is 57.0 Å². The second-order valence-electron chi connectivity index (χ2n) is 24.6. The number of nitrogens with zero attached hydrogens (tertiary/aromatic N) is 10. The molecule has 32 heteroatoms. The number of fused-ring (bicyclic) bond motifs is 6. The summed E-state index contributed by atoms with van der Waals surface area (Å²) < 4.78 is 50.1. The Balaban J connectivity index is 0.000000129. The second kappa shape index (κ2) is 30.0. The number of aromatic nitrogens is 9. The maximum absolute atomic E-state index is 13.5. The number of morpholine rings is 2. The van der Waals surface area contributed by atoms with Gasteiger partial charge in [-0.2, -0.15) is 29.9 Å². The Morgan fingerprint density at radius 2 is 0.930 bits per heavy atom. The maximum Gasteiger partial charge on any atom is 0.257 e. The van der Waals surface area contributed by atoms with Gasteiger partial charge in [0.05, 0.1) is 88.0 Å². The maximum atomic E-state index is 13.5. The van der Waals surface area contributed by atoms with Gasteiger partial charge >= 0.3 is 0 Å². The number of hydrogen-bond acceptors (Lipinski definition) is 25. The van der Waals surface area contributed by atoms with E-state index < -0.39 is 0 Å². The van der Waals surface area contributed by atoms with Crippen molar-refractivity contribution in [2.75, 3.05) is 165 Å². The van der Waals surface area contributed by atoms with Crippen LogP contribution in [0.15, 0.2) is 55.0 Å². The summed E-state index contributed by atoms with van der Waals surface area (Å²) in [5.41, 5.74) is 7.52. The average Bonchev–Trinajstić information content (AvgIpc) is 1.54. The number of carbonyl (C=O) groups is 3. The normalized spacial score (nSPS) is 16.4. The number of ether oxygens (including phenoxy) is 9. The van der Waals surface area contributed by atoms with Crippen molar-refractivity contribution >= 4 is 115 Å². The molecule has 6 aromatic heterocycles. The summed E-state index contributed by atoms with van der Waals surface area (Å²) in [6.45, 7) is 16.3. The number of aromatic amines is 3. The van der Waals surface area contributed by atoms with Gasteiger partial charge in [-0.25, -0.2) is 0 Å². The summed E-state index contributed by atoms with van der Waals surface area (Å²) in [6.07, 6.45) is 11.4. The standard InChI is InChI=1S/C27H34ClN7O4.C21H24N6O4.C20H22N6O4/c1-37-14-9-29-24-21-19(28)15-30-25(21)33-27(32-24)31-20-6-5-18(22-23(20)39-16-38-22)26(36)35-12-7-17(8-13-35)34-10-3-2-4-11-34;1-3-22-18-15-12(2)10-23-19(15)26-21(25-18)24-14-5-4-13(16-17(14)31-11-30-16)20(28)27-6-8-29-9-7-27;1-11-9-22-18-14(11)17(21-2)24-20(25-18)23-13-4-3-12(15-16(13)30-10-29-15)19(27)26-5-7-28-8-6-26/h5-6,15,17H,2-4,7-14,16H2,1H3,(H3,29,30,31,32,33);4-5,10H,3,6-9,11H2,1-2H3,(H3,22,23,24,25,26);3-4,9H,5-8,10H2,1-2H3,(H3,21,22,23,24,25). The number of nitrogens with one attached hydrogen (secondary N) is 9.